The van der Waals surface area contributed by atoms with Crippen LogP contribution in [0.5, 0.6) is 11.5 Å². The molecule has 0 fully saturated rings. The molecule has 0 bridgehead atoms. The van der Waals surface area contributed by atoms with Crippen molar-refractivity contribution < 1.29 is 19.1 Å². The molecule has 2 aromatic rings. The van der Waals surface area contributed by atoms with Crippen LogP contribution in [0.15, 0.2) is 84.5 Å². The van der Waals surface area contributed by atoms with Crippen LogP contribution < -0.4 is 9.47 Å². The smallest absolute Gasteiger partial charge is 0.218 e. The van der Waals surface area contributed by atoms with Crippen molar-refractivity contribution in [1.29, 1.82) is 0 Å². The first-order valence-electron chi connectivity index (χ1n) is 9.21. The van der Waals surface area contributed by atoms with Gasteiger partial charge in [-0.2, -0.15) is 0 Å². The normalized spacial score (nSPS) is 10.6. The van der Waals surface area contributed by atoms with Gasteiger partial charge in [-0.3, -0.25) is 9.59 Å². The van der Waals surface area contributed by atoms with E-state index in [2.05, 4.69) is 13.2 Å². The third kappa shape index (κ3) is 7.97. The maximum Gasteiger partial charge on any atom is 0.218 e. The van der Waals surface area contributed by atoms with Gasteiger partial charge in [-0.15, -0.1) is 0 Å². The third-order valence-electron chi connectivity index (χ3n) is 3.76. The Bertz CT molecular complexity index is 929. The van der Waals surface area contributed by atoms with Crippen molar-refractivity contribution in [2.45, 2.75) is 13.8 Å². The van der Waals surface area contributed by atoms with E-state index in [1.807, 2.05) is 48.5 Å². The summed E-state index contributed by atoms with van der Waals surface area (Å²) in [5.41, 5.74) is 3.15. The molecular weight excluding hydrogens is 416 g/mol. The predicted octanol–water partition coefficient (Wildman–Crippen LogP) is 6.25. The summed E-state index contributed by atoms with van der Waals surface area (Å²) in [6.45, 7) is 11.1. The van der Waals surface area contributed by atoms with E-state index in [9.17, 15) is 9.59 Å². The van der Waals surface area contributed by atoms with Crippen LogP contribution in [0.25, 0.3) is 11.1 Å². The lowest BCUT2D eigenvalue weighted by molar-refractivity contribution is -0.108. The molecule has 0 aromatic heterocycles. The molecule has 0 heterocycles. The highest BCUT2D eigenvalue weighted by atomic mass is 32.2. The minimum Gasteiger partial charge on any atom is -0.493 e. The van der Waals surface area contributed by atoms with Gasteiger partial charge in [0, 0.05) is 11.2 Å². The molecule has 0 amide bonds. The second-order valence-electron chi connectivity index (χ2n) is 6.39. The number of benzene rings is 2. The predicted molar refractivity (Wildman–Crippen MR) is 127 cm³/mol. The number of hydrogen-bond donors (Lipinski definition) is 0. The Morgan fingerprint density at radius 1 is 0.867 bits per heavy atom. The highest BCUT2D eigenvalue weighted by Crippen LogP contribution is 2.25. The number of hydrogen-bond acceptors (Lipinski definition) is 6. The largest absolute Gasteiger partial charge is 0.493 e. The third-order valence-corrected chi connectivity index (χ3v) is 5.55. The zero-order valence-electron chi connectivity index (χ0n) is 17.1. The van der Waals surface area contributed by atoms with Crippen molar-refractivity contribution in [2.24, 2.45) is 0 Å². The van der Waals surface area contributed by atoms with E-state index in [0.717, 1.165) is 28.6 Å². The fourth-order valence-corrected chi connectivity index (χ4v) is 3.22. The van der Waals surface area contributed by atoms with Gasteiger partial charge >= 0.3 is 0 Å². The maximum atomic E-state index is 11.5. The Balaban J connectivity index is 1.82. The molecule has 2 aromatic carbocycles. The van der Waals surface area contributed by atoms with Crippen molar-refractivity contribution in [3.8, 4) is 22.6 Å². The maximum absolute atomic E-state index is 11.5. The molecule has 30 heavy (non-hydrogen) atoms. The molecule has 6 heteroatoms. The number of ether oxygens (including phenoxy) is 2. The van der Waals surface area contributed by atoms with Gasteiger partial charge in [-0.05, 0) is 60.4 Å². The Hall–Kier alpha value is -2.70. The minimum atomic E-state index is -0.0864. The summed E-state index contributed by atoms with van der Waals surface area (Å²) in [4.78, 5) is 22.9. The second kappa shape index (κ2) is 12.1. The van der Waals surface area contributed by atoms with Gasteiger partial charge in [0.05, 0.1) is 12.9 Å². The van der Waals surface area contributed by atoms with Crippen LogP contribution in [0.3, 0.4) is 0 Å². The Morgan fingerprint density at radius 3 is 1.93 bits per heavy atom. The molecule has 0 spiro atoms. The van der Waals surface area contributed by atoms with E-state index in [1.165, 1.54) is 18.0 Å². The van der Waals surface area contributed by atoms with E-state index in [-0.39, 0.29) is 10.2 Å². The molecule has 0 aliphatic carbocycles. The first-order valence-corrected chi connectivity index (χ1v) is 11.1. The molecule has 2 rings (SSSR count). The molecule has 4 nitrogen and oxygen atoms in total. The van der Waals surface area contributed by atoms with Crippen LogP contribution >= 0.6 is 23.5 Å². The van der Waals surface area contributed by atoms with Crippen LogP contribution in [-0.4, -0.2) is 22.6 Å². The molecular formula is C24H24O4S2. The van der Waals surface area contributed by atoms with Crippen molar-refractivity contribution >= 4 is 33.8 Å². The lowest BCUT2D eigenvalue weighted by Gasteiger charge is -2.08. The van der Waals surface area contributed by atoms with Gasteiger partial charge in [0.25, 0.3) is 0 Å². The van der Waals surface area contributed by atoms with Crippen LogP contribution in [0.4, 0.5) is 0 Å². The van der Waals surface area contributed by atoms with E-state index in [1.54, 1.807) is 19.3 Å². The van der Waals surface area contributed by atoms with Gasteiger partial charge in [0.2, 0.25) is 10.2 Å². The average Bonchev–Trinajstić information content (AvgIpc) is 2.74. The zero-order chi connectivity index (χ0) is 21.9. The number of thioether (sulfide) groups is 2. The summed E-state index contributed by atoms with van der Waals surface area (Å²) < 4.78 is 11.2. The van der Waals surface area contributed by atoms with Crippen molar-refractivity contribution in [1.82, 2.24) is 0 Å². The van der Waals surface area contributed by atoms with Crippen LogP contribution in [0.1, 0.15) is 13.8 Å². The molecule has 0 N–H and O–H groups in total. The van der Waals surface area contributed by atoms with E-state index in [0.29, 0.717) is 29.3 Å². The van der Waals surface area contributed by atoms with Gasteiger partial charge < -0.3 is 9.47 Å². The summed E-state index contributed by atoms with van der Waals surface area (Å²) in [5, 5.41) is 1.50. The summed E-state index contributed by atoms with van der Waals surface area (Å²) >= 11 is 2.25. The summed E-state index contributed by atoms with van der Waals surface area (Å²) in [6, 6.07) is 15.4. The minimum absolute atomic E-state index is 0.00373. The first-order chi connectivity index (χ1) is 14.4. The van der Waals surface area contributed by atoms with Gasteiger partial charge in [0.15, 0.2) is 0 Å². The van der Waals surface area contributed by atoms with Crippen molar-refractivity contribution in [2.75, 3.05) is 12.4 Å². The monoisotopic (exact) mass is 440 g/mol. The van der Waals surface area contributed by atoms with Gasteiger partial charge in [0.1, 0.15) is 11.5 Å². The van der Waals surface area contributed by atoms with Crippen LogP contribution in [-0.2, 0) is 9.59 Å². The Morgan fingerprint density at radius 2 is 1.40 bits per heavy atom. The fourth-order valence-electron chi connectivity index (χ4n) is 2.18. The highest BCUT2D eigenvalue weighted by Gasteiger charge is 2.04. The summed E-state index contributed by atoms with van der Waals surface area (Å²) in [5.74, 6) is 2.03. The van der Waals surface area contributed by atoms with E-state index >= 15 is 0 Å². The van der Waals surface area contributed by atoms with Crippen molar-refractivity contribution in [3.05, 3.63) is 84.5 Å². The topological polar surface area (TPSA) is 52.6 Å². The summed E-state index contributed by atoms with van der Waals surface area (Å²) in [7, 11) is 0. The molecule has 156 valence electrons. The van der Waals surface area contributed by atoms with E-state index < -0.39 is 0 Å². The molecule has 0 atom stereocenters. The molecule has 0 radical (unpaired) electrons. The average molecular weight is 441 g/mol. The highest BCUT2D eigenvalue weighted by molar-refractivity contribution is 8.16. The first kappa shape index (κ1) is 23.6. The van der Waals surface area contributed by atoms with Crippen molar-refractivity contribution in [3.63, 3.8) is 0 Å². The molecule has 0 saturated heterocycles. The lowest BCUT2D eigenvalue weighted by Crippen LogP contribution is -2.03. The molecule has 0 unspecified atom stereocenters. The molecule has 0 saturated carbocycles. The van der Waals surface area contributed by atoms with E-state index in [4.69, 9.17) is 9.47 Å². The second-order valence-corrected chi connectivity index (χ2v) is 8.34. The number of carbonyl (C=O) groups is 2. The fraction of sp³-hybridized carbons (Fsp3) is 0.167. The van der Waals surface area contributed by atoms with Gasteiger partial charge in [-0.25, -0.2) is 0 Å². The SMILES string of the molecule is C=C(C)C(=O)S/C=C\Oc1ccc(-c2ccc(OCCSC(=O)C(=C)C)cc2)cc1. The number of carbonyl (C=O) groups excluding carboxylic acids is 2. The quantitative estimate of drug-likeness (QED) is 0.247. The van der Waals surface area contributed by atoms with Crippen LogP contribution in [0.2, 0.25) is 0 Å². The lowest BCUT2D eigenvalue weighted by atomic mass is 10.1. The Labute approximate surface area is 186 Å². The molecule has 0 aliphatic rings. The number of rotatable bonds is 10. The zero-order valence-corrected chi connectivity index (χ0v) is 18.7. The Kier molecular flexibility index (Phi) is 9.51. The van der Waals surface area contributed by atoms with Crippen LogP contribution in [0, 0.1) is 0 Å². The van der Waals surface area contributed by atoms with Gasteiger partial charge in [-0.1, -0.05) is 60.9 Å². The summed E-state index contributed by atoms with van der Waals surface area (Å²) in [6.07, 6.45) is 1.48. The standard InChI is InChI=1S/C24H24O4S2/c1-17(2)23(25)29-15-13-27-21-9-5-19(6-10-21)20-7-11-22(12-8-20)28-14-16-30-24(26)18(3)4/h5-13,15H,1,3,14,16H2,2,4H3/b15-13-. The molecule has 0 aliphatic heterocycles.